The molecular weight excluding hydrogens is 436 g/mol. The van der Waals surface area contributed by atoms with E-state index in [0.717, 1.165) is 34.5 Å². The largest absolute Gasteiger partial charge is 0.375 e. The topological polar surface area (TPSA) is 15.6 Å². The lowest BCUT2D eigenvalue weighted by molar-refractivity contribution is 0.967. The molecule has 0 saturated heterocycles. The van der Waals surface area contributed by atoms with Gasteiger partial charge in [0.15, 0.2) is 0 Å². The number of aryl methyl sites for hydroxylation is 1. The van der Waals surface area contributed by atoms with Crippen molar-refractivity contribution in [3.05, 3.63) is 102 Å². The fraction of sp³-hybridized carbons (Fsp3) is 0.441. The molecule has 1 aromatic carbocycles. The van der Waals surface area contributed by atoms with E-state index < -0.39 is 0 Å². The fourth-order valence-electron chi connectivity index (χ4n) is 2.11. The predicted octanol–water partition coefficient (Wildman–Crippen LogP) is 11.1. The predicted molar refractivity (Wildman–Crippen MR) is 173 cm³/mol. The Hall–Kier alpha value is -2.87. The van der Waals surface area contributed by atoms with E-state index in [2.05, 4.69) is 80.4 Å². The van der Waals surface area contributed by atoms with Gasteiger partial charge >= 0.3 is 0 Å². The van der Waals surface area contributed by atoms with Gasteiger partial charge in [-0.3, -0.25) is 4.99 Å². The van der Waals surface area contributed by atoms with Crippen LogP contribution in [0.5, 0.6) is 0 Å². The number of hydrogen-bond acceptors (Lipinski definition) is 2. The monoisotopic (exact) mass is 494 g/mol. The Labute approximate surface area is 226 Å². The Morgan fingerprint density at radius 3 is 1.81 bits per heavy atom. The molecule has 0 unspecified atom stereocenters. The first-order valence-electron chi connectivity index (χ1n) is 13.3. The number of nitrogens with zero attached hydrogens (tertiary/aromatic N) is 2. The summed E-state index contributed by atoms with van der Waals surface area (Å²) in [4.78, 5) is 6.61. The zero-order valence-corrected chi connectivity index (χ0v) is 26.3. The van der Waals surface area contributed by atoms with Gasteiger partial charge in [-0.25, -0.2) is 0 Å². The van der Waals surface area contributed by atoms with E-state index in [0.29, 0.717) is 0 Å². The Morgan fingerprint density at radius 2 is 1.44 bits per heavy atom. The van der Waals surface area contributed by atoms with Gasteiger partial charge in [0.05, 0.1) is 0 Å². The summed E-state index contributed by atoms with van der Waals surface area (Å²) in [5.74, 6) is 0. The Kier molecular flexibility index (Phi) is 31.8. The maximum atomic E-state index is 4.38. The van der Waals surface area contributed by atoms with E-state index >= 15 is 0 Å². The lowest BCUT2D eigenvalue weighted by Crippen LogP contribution is -2.15. The molecule has 0 aliphatic heterocycles. The Balaban J connectivity index is -0.000000230. The van der Waals surface area contributed by atoms with Crippen molar-refractivity contribution < 1.29 is 0 Å². The van der Waals surface area contributed by atoms with Crippen LogP contribution in [0.15, 0.2) is 101 Å². The lowest BCUT2D eigenvalue weighted by Gasteiger charge is -2.16. The van der Waals surface area contributed by atoms with Crippen molar-refractivity contribution >= 4 is 11.4 Å². The molecule has 0 heterocycles. The molecule has 0 saturated carbocycles. The van der Waals surface area contributed by atoms with Crippen molar-refractivity contribution in [2.75, 3.05) is 18.5 Å². The quantitative estimate of drug-likeness (QED) is 0.209. The van der Waals surface area contributed by atoms with Crippen LogP contribution in [0.3, 0.4) is 0 Å². The molecule has 1 rings (SSSR count). The van der Waals surface area contributed by atoms with E-state index in [1.54, 1.807) is 0 Å². The third-order valence-electron chi connectivity index (χ3n) is 4.63. The van der Waals surface area contributed by atoms with Crippen molar-refractivity contribution in [2.45, 2.75) is 90.0 Å². The molecule has 0 aliphatic rings. The zero-order valence-electron chi connectivity index (χ0n) is 26.3. The summed E-state index contributed by atoms with van der Waals surface area (Å²) in [6.07, 6.45) is 12.0. The highest BCUT2D eigenvalue weighted by molar-refractivity contribution is 5.97. The van der Waals surface area contributed by atoms with Crippen molar-refractivity contribution in [3.8, 4) is 0 Å². The molecule has 2 nitrogen and oxygen atoms in total. The highest BCUT2D eigenvalue weighted by Crippen LogP contribution is 2.13. The number of allylic oxidation sites excluding steroid dienone is 9. The standard InChI is InChI=1S/C16H23N.C10H15N.C4H8.2C2H6/c1-8-16(10-9-12(2)3)14(6)11-17-15(7)13(4)5;1-4-11(3)10-7-5-6-9(2)8-10;1-3-4-2;2*1-2/h8-11H,2,4H2,1,3,5-7H3;5-8H,4H2,1-3H3;3-4H,1-2H3;2*1-2H3/b10-9-,14-11+,16-8+,17-15?;;4-3-;;. The number of anilines is 1. The smallest absolute Gasteiger partial charge is 0.0395 e. The molecule has 0 bridgehead atoms. The Morgan fingerprint density at radius 1 is 0.917 bits per heavy atom. The number of rotatable bonds is 7. The van der Waals surface area contributed by atoms with E-state index in [-0.39, 0.29) is 0 Å². The summed E-state index contributed by atoms with van der Waals surface area (Å²) in [5.41, 5.74) is 7.91. The molecule has 0 spiro atoms. The van der Waals surface area contributed by atoms with Gasteiger partial charge < -0.3 is 4.90 Å². The molecule has 204 valence electrons. The van der Waals surface area contributed by atoms with Crippen LogP contribution in [0.4, 0.5) is 5.69 Å². The number of aliphatic imine (C=N–C) groups is 1. The van der Waals surface area contributed by atoms with Crippen LogP contribution < -0.4 is 4.90 Å². The van der Waals surface area contributed by atoms with Gasteiger partial charge in [0.2, 0.25) is 0 Å². The van der Waals surface area contributed by atoms with Gasteiger partial charge in [0.25, 0.3) is 0 Å². The van der Waals surface area contributed by atoms with Gasteiger partial charge in [0, 0.05) is 31.2 Å². The summed E-state index contributed by atoms with van der Waals surface area (Å²) >= 11 is 0. The molecule has 0 aromatic heterocycles. The summed E-state index contributed by atoms with van der Waals surface area (Å²) in [6, 6.07) is 8.55. The summed E-state index contributed by atoms with van der Waals surface area (Å²) in [6.45, 7) is 35.0. The van der Waals surface area contributed by atoms with Crippen LogP contribution >= 0.6 is 0 Å². The SMILES string of the molecule is C/C=C\C.C=C(C)\C=C/C(=C\C)C(/C)=C/N=C(C)C(=C)C.CC.CC.CCN(C)c1cccc(C)c1. The van der Waals surface area contributed by atoms with Gasteiger partial charge in [-0.2, -0.15) is 0 Å². The van der Waals surface area contributed by atoms with Crippen molar-refractivity contribution in [1.29, 1.82) is 0 Å². The minimum Gasteiger partial charge on any atom is -0.375 e. The van der Waals surface area contributed by atoms with Crippen LogP contribution in [-0.2, 0) is 0 Å². The average Bonchev–Trinajstić information content (AvgIpc) is 2.89. The first-order valence-corrected chi connectivity index (χ1v) is 13.3. The van der Waals surface area contributed by atoms with Gasteiger partial charge in [-0.15, -0.1) is 0 Å². The minimum absolute atomic E-state index is 0.962. The molecule has 0 fully saturated rings. The average molecular weight is 495 g/mol. The second kappa shape index (κ2) is 28.4. The van der Waals surface area contributed by atoms with Gasteiger partial charge in [0.1, 0.15) is 0 Å². The Bertz CT molecular complexity index is 842. The molecule has 0 atom stereocenters. The minimum atomic E-state index is 0.962. The summed E-state index contributed by atoms with van der Waals surface area (Å²) < 4.78 is 0. The van der Waals surface area contributed by atoms with Crippen LogP contribution in [0.1, 0.15) is 88.6 Å². The highest BCUT2D eigenvalue weighted by Gasteiger charge is 1.96. The molecule has 2 heteroatoms. The van der Waals surface area contributed by atoms with E-state index in [1.807, 2.05) is 101 Å². The van der Waals surface area contributed by atoms with Gasteiger partial charge in [-0.05, 0) is 96.7 Å². The fourth-order valence-corrected chi connectivity index (χ4v) is 2.11. The lowest BCUT2D eigenvalue weighted by atomic mass is 10.1. The number of hydrogen-bond donors (Lipinski definition) is 0. The maximum absolute atomic E-state index is 4.38. The summed E-state index contributed by atoms with van der Waals surface area (Å²) in [7, 11) is 2.11. The second-order valence-corrected chi connectivity index (χ2v) is 7.75. The highest BCUT2D eigenvalue weighted by atomic mass is 15.1. The summed E-state index contributed by atoms with van der Waals surface area (Å²) in [5, 5.41) is 0. The molecule has 0 amide bonds. The van der Waals surface area contributed by atoms with Gasteiger partial charge in [-0.1, -0.05) is 88.9 Å². The van der Waals surface area contributed by atoms with Crippen molar-refractivity contribution in [3.63, 3.8) is 0 Å². The van der Waals surface area contributed by atoms with Crippen LogP contribution in [0.25, 0.3) is 0 Å². The second-order valence-electron chi connectivity index (χ2n) is 7.75. The normalized spacial score (nSPS) is 11.1. The molecular formula is C34H58N2. The van der Waals surface area contributed by atoms with E-state index in [9.17, 15) is 0 Å². The van der Waals surface area contributed by atoms with Crippen molar-refractivity contribution in [1.82, 2.24) is 0 Å². The molecule has 0 radical (unpaired) electrons. The molecule has 0 aliphatic carbocycles. The first kappa shape index (κ1) is 40.3. The maximum Gasteiger partial charge on any atom is 0.0395 e. The van der Waals surface area contributed by atoms with Crippen molar-refractivity contribution in [2.24, 2.45) is 4.99 Å². The third-order valence-corrected chi connectivity index (χ3v) is 4.63. The van der Waals surface area contributed by atoms with Crippen LogP contribution in [0, 0.1) is 6.92 Å². The molecule has 1 aromatic rings. The molecule has 36 heavy (non-hydrogen) atoms. The van der Waals surface area contributed by atoms with E-state index in [1.165, 1.54) is 11.3 Å². The third kappa shape index (κ3) is 24.3. The number of benzene rings is 1. The van der Waals surface area contributed by atoms with Crippen LogP contribution in [0.2, 0.25) is 0 Å². The zero-order chi connectivity index (χ0) is 29.1. The first-order chi connectivity index (χ1) is 17.0. The molecule has 0 N–H and O–H groups in total. The van der Waals surface area contributed by atoms with Crippen LogP contribution in [-0.4, -0.2) is 19.3 Å². The van der Waals surface area contributed by atoms with E-state index in [4.69, 9.17) is 0 Å².